The van der Waals surface area contributed by atoms with Gasteiger partial charge in [0.1, 0.15) is 6.04 Å². The molecule has 0 saturated carbocycles. The van der Waals surface area contributed by atoms with Crippen LogP contribution in [0.5, 0.6) is 11.5 Å². The average molecular weight is 379 g/mol. The fraction of sp³-hybridized carbons (Fsp3) is 0.579. The summed E-state index contributed by atoms with van der Waals surface area (Å²) in [5, 5.41) is 0.585. The van der Waals surface area contributed by atoms with Crippen LogP contribution >= 0.6 is 12.2 Å². The molecule has 1 aliphatic heterocycles. The highest BCUT2D eigenvalue weighted by atomic mass is 32.1. The zero-order valence-corrected chi connectivity index (χ0v) is 16.6. The molecular formula is C19H28N3O3S+. The Hall–Kier alpha value is -1.86. The summed E-state index contributed by atoms with van der Waals surface area (Å²) >= 11 is 5.49. The molecule has 6 nitrogen and oxygen atoms in total. The first-order chi connectivity index (χ1) is 12.6. The summed E-state index contributed by atoms with van der Waals surface area (Å²) in [5.41, 5.74) is 0.629. The van der Waals surface area contributed by atoms with E-state index >= 15 is 0 Å². The first kappa shape index (κ1) is 18.9. The summed E-state index contributed by atoms with van der Waals surface area (Å²) in [6.45, 7) is 9.98. The van der Waals surface area contributed by atoms with Crippen LogP contribution in [0.1, 0.15) is 33.6 Å². The van der Waals surface area contributed by atoms with Crippen LogP contribution < -0.4 is 19.9 Å². The minimum atomic E-state index is -0.0601. The van der Waals surface area contributed by atoms with Gasteiger partial charge in [-0.3, -0.25) is 9.36 Å². The Morgan fingerprint density at radius 1 is 1.23 bits per heavy atom. The van der Waals surface area contributed by atoms with Crippen molar-refractivity contribution in [2.45, 2.75) is 46.2 Å². The molecule has 1 fully saturated rings. The lowest BCUT2D eigenvalue weighted by molar-refractivity contribution is -0.911. The molecule has 1 aliphatic rings. The largest absolute Gasteiger partial charge is 0.490 e. The van der Waals surface area contributed by atoms with Gasteiger partial charge in [-0.1, -0.05) is 0 Å². The van der Waals surface area contributed by atoms with E-state index in [1.54, 1.807) is 15.5 Å². The summed E-state index contributed by atoms with van der Waals surface area (Å²) in [5.74, 6) is 1.22. The molecule has 142 valence electrons. The molecule has 0 aliphatic carbocycles. The van der Waals surface area contributed by atoms with Crippen LogP contribution in [0, 0.1) is 4.77 Å². The topological polar surface area (TPSA) is 60.7 Å². The number of quaternary nitrogens is 1. The Morgan fingerprint density at radius 3 is 2.58 bits per heavy atom. The Bertz CT molecular complexity index is 890. The molecular weight excluding hydrogens is 350 g/mol. The first-order valence-electron chi connectivity index (χ1n) is 9.50. The number of likely N-dealkylation sites (N-methyl/N-ethyl adjacent to an activating group) is 1. The zero-order valence-electron chi connectivity index (χ0n) is 15.8. The Labute approximate surface area is 158 Å². The quantitative estimate of drug-likeness (QED) is 0.723. The van der Waals surface area contributed by atoms with E-state index in [1.807, 2.05) is 19.9 Å². The minimum absolute atomic E-state index is 0.0601. The van der Waals surface area contributed by atoms with Gasteiger partial charge in [-0.15, -0.1) is 0 Å². The van der Waals surface area contributed by atoms with Gasteiger partial charge in [0.2, 0.25) is 0 Å². The van der Waals surface area contributed by atoms with Crippen molar-refractivity contribution in [3.05, 3.63) is 27.3 Å². The highest BCUT2D eigenvalue weighted by molar-refractivity contribution is 7.71. The van der Waals surface area contributed by atoms with E-state index in [0.29, 0.717) is 53.0 Å². The number of nitrogens with zero attached hydrogens (tertiary/aromatic N) is 1. The van der Waals surface area contributed by atoms with Gasteiger partial charge in [-0.05, 0) is 39.1 Å². The van der Waals surface area contributed by atoms with Gasteiger partial charge in [0, 0.05) is 18.9 Å². The monoisotopic (exact) mass is 378 g/mol. The van der Waals surface area contributed by atoms with Crippen LogP contribution in [0.25, 0.3) is 10.9 Å². The van der Waals surface area contributed by atoms with E-state index in [2.05, 4.69) is 11.9 Å². The zero-order chi connectivity index (χ0) is 18.7. The number of hydrogen-bond donors (Lipinski definition) is 2. The Balaban J connectivity index is 2.07. The lowest BCUT2D eigenvalue weighted by Crippen LogP contribution is -3.13. The highest BCUT2D eigenvalue weighted by Crippen LogP contribution is 2.30. The maximum Gasteiger partial charge on any atom is 0.262 e. The van der Waals surface area contributed by atoms with Crippen molar-refractivity contribution < 1.29 is 14.4 Å². The maximum absolute atomic E-state index is 13.1. The summed E-state index contributed by atoms with van der Waals surface area (Å²) in [4.78, 5) is 17.9. The van der Waals surface area contributed by atoms with Gasteiger partial charge >= 0.3 is 0 Å². The molecule has 7 heteroatoms. The molecule has 0 bridgehead atoms. The molecule has 2 atom stereocenters. The average Bonchev–Trinajstić information content (AvgIpc) is 3.07. The molecule has 2 N–H and O–H groups in total. The van der Waals surface area contributed by atoms with E-state index in [1.165, 1.54) is 13.0 Å². The number of hydrogen-bond acceptors (Lipinski definition) is 4. The SMILES string of the molecule is CCOc1cc2[nH]c(=S)n(CC3CCC[NH+]3CC)c(=O)c2cc1OCC. The molecule has 2 aromatic rings. The second-order valence-corrected chi connectivity index (χ2v) is 7.04. The number of aromatic amines is 1. The van der Waals surface area contributed by atoms with Crippen molar-refractivity contribution in [3.8, 4) is 11.5 Å². The van der Waals surface area contributed by atoms with Gasteiger partial charge in [0.25, 0.3) is 5.56 Å². The lowest BCUT2D eigenvalue weighted by atomic mass is 10.2. The molecule has 26 heavy (non-hydrogen) atoms. The van der Waals surface area contributed by atoms with Crippen molar-refractivity contribution in [1.82, 2.24) is 9.55 Å². The minimum Gasteiger partial charge on any atom is -0.490 e. The predicted molar refractivity (Wildman–Crippen MR) is 105 cm³/mol. The Kier molecular flexibility index (Phi) is 5.98. The molecule has 2 heterocycles. The second-order valence-electron chi connectivity index (χ2n) is 6.66. The van der Waals surface area contributed by atoms with Crippen molar-refractivity contribution in [3.63, 3.8) is 0 Å². The van der Waals surface area contributed by atoms with Gasteiger partial charge in [0.05, 0.1) is 43.8 Å². The smallest absolute Gasteiger partial charge is 0.262 e. The van der Waals surface area contributed by atoms with Crippen LogP contribution in [0.4, 0.5) is 0 Å². The van der Waals surface area contributed by atoms with Gasteiger partial charge in [-0.25, -0.2) is 0 Å². The van der Waals surface area contributed by atoms with E-state index in [9.17, 15) is 4.79 Å². The molecule has 2 unspecified atom stereocenters. The molecule has 1 saturated heterocycles. The maximum atomic E-state index is 13.1. The molecule has 1 aromatic heterocycles. The number of H-pyrrole nitrogens is 1. The summed E-state index contributed by atoms with van der Waals surface area (Å²) in [6, 6.07) is 4.02. The van der Waals surface area contributed by atoms with Crippen LogP contribution in [0.15, 0.2) is 16.9 Å². The second kappa shape index (κ2) is 8.22. The molecule has 0 spiro atoms. The number of rotatable bonds is 7. The van der Waals surface area contributed by atoms with Crippen LogP contribution in [-0.4, -0.2) is 41.9 Å². The number of likely N-dealkylation sites (tertiary alicyclic amines) is 1. The van der Waals surface area contributed by atoms with Gasteiger partial charge < -0.3 is 19.4 Å². The van der Waals surface area contributed by atoms with Crippen LogP contribution in [0.2, 0.25) is 0 Å². The normalized spacial score (nSPS) is 19.8. The van der Waals surface area contributed by atoms with Gasteiger partial charge in [-0.2, -0.15) is 0 Å². The summed E-state index contributed by atoms with van der Waals surface area (Å²) in [7, 11) is 0. The third-order valence-electron chi connectivity index (χ3n) is 5.13. The Morgan fingerprint density at radius 2 is 1.92 bits per heavy atom. The van der Waals surface area contributed by atoms with E-state index < -0.39 is 0 Å². The number of fused-ring (bicyclic) bond motifs is 1. The van der Waals surface area contributed by atoms with Crippen LogP contribution in [-0.2, 0) is 6.54 Å². The van der Waals surface area contributed by atoms with E-state index in [4.69, 9.17) is 21.7 Å². The summed E-state index contributed by atoms with van der Waals surface area (Å²) in [6.07, 6.45) is 2.34. The fourth-order valence-electron chi connectivity index (χ4n) is 3.85. The molecule has 0 amide bonds. The summed E-state index contributed by atoms with van der Waals surface area (Å²) < 4.78 is 13.5. The third kappa shape index (κ3) is 3.64. The number of aromatic nitrogens is 2. The van der Waals surface area contributed by atoms with E-state index in [-0.39, 0.29) is 5.56 Å². The van der Waals surface area contributed by atoms with E-state index in [0.717, 1.165) is 13.0 Å². The standard InChI is InChI=1S/C19H27N3O3S/c1-4-21-9-7-8-13(21)12-22-18(23)14-10-16(24-5-2)17(25-6-3)11-15(14)20-19(22)26/h10-11,13H,4-9,12H2,1-3H3,(H,20,26)/p+1. The van der Waals surface area contributed by atoms with Crippen molar-refractivity contribution in [2.75, 3.05) is 26.3 Å². The van der Waals surface area contributed by atoms with Crippen molar-refractivity contribution in [2.24, 2.45) is 0 Å². The highest BCUT2D eigenvalue weighted by Gasteiger charge is 2.28. The molecule has 3 rings (SSSR count). The fourth-order valence-corrected chi connectivity index (χ4v) is 4.12. The number of benzene rings is 1. The number of nitrogens with one attached hydrogen (secondary N) is 2. The molecule has 1 aromatic carbocycles. The lowest BCUT2D eigenvalue weighted by Gasteiger charge is -2.21. The first-order valence-corrected chi connectivity index (χ1v) is 9.90. The number of ether oxygens (including phenoxy) is 2. The van der Waals surface area contributed by atoms with Crippen LogP contribution in [0.3, 0.4) is 0 Å². The molecule has 0 radical (unpaired) electrons. The van der Waals surface area contributed by atoms with Crippen molar-refractivity contribution >= 4 is 23.1 Å². The predicted octanol–water partition coefficient (Wildman–Crippen LogP) is 1.92. The van der Waals surface area contributed by atoms with Crippen molar-refractivity contribution in [1.29, 1.82) is 0 Å². The third-order valence-corrected chi connectivity index (χ3v) is 5.45. The van der Waals surface area contributed by atoms with Gasteiger partial charge in [0.15, 0.2) is 16.3 Å².